The van der Waals surface area contributed by atoms with Crippen LogP contribution < -0.4 is 5.32 Å². The third kappa shape index (κ3) is 4.85. The molecule has 11 nitrogen and oxygen atoms in total. The summed E-state index contributed by atoms with van der Waals surface area (Å²) in [4.78, 5) is 38.4. The summed E-state index contributed by atoms with van der Waals surface area (Å²) in [5.41, 5.74) is 6.91. The van der Waals surface area contributed by atoms with Crippen molar-refractivity contribution in [1.29, 1.82) is 0 Å². The number of amides is 2. The number of aromatic nitrogens is 7. The summed E-state index contributed by atoms with van der Waals surface area (Å²) in [6.07, 6.45) is 8.67. The molecule has 1 fully saturated rings. The second-order valence-corrected chi connectivity index (χ2v) is 10.5. The number of hydrogen-bond acceptors (Lipinski definition) is 7. The van der Waals surface area contributed by atoms with Crippen LogP contribution in [0.3, 0.4) is 0 Å². The highest BCUT2D eigenvalue weighted by Crippen LogP contribution is 2.33. The summed E-state index contributed by atoms with van der Waals surface area (Å²) in [7, 11) is 2.06. The number of imidazole rings is 1. The maximum absolute atomic E-state index is 12.8. The van der Waals surface area contributed by atoms with E-state index in [0.717, 1.165) is 51.8 Å². The molecule has 0 unspecified atom stereocenters. The van der Waals surface area contributed by atoms with E-state index in [1.807, 2.05) is 41.3 Å². The van der Waals surface area contributed by atoms with Gasteiger partial charge in [-0.1, -0.05) is 23.7 Å². The van der Waals surface area contributed by atoms with E-state index in [1.165, 1.54) is 0 Å². The highest BCUT2D eigenvalue weighted by atomic mass is 35.5. The second kappa shape index (κ2) is 10.3. The Hall–Kier alpha value is -4.87. The fourth-order valence-electron chi connectivity index (χ4n) is 5.03. The minimum absolute atomic E-state index is 0.126. The smallest absolute Gasteiger partial charge is 0.321 e. The number of anilines is 1. The number of hydrogen-bond donors (Lipinski definition) is 3. The number of pyridine rings is 3. The summed E-state index contributed by atoms with van der Waals surface area (Å²) < 4.78 is 0. The molecule has 12 heteroatoms. The summed E-state index contributed by atoms with van der Waals surface area (Å²) in [5.74, 6) is 0.615. The first-order chi connectivity index (χ1) is 20.0. The van der Waals surface area contributed by atoms with Crippen molar-refractivity contribution in [3.8, 4) is 33.8 Å². The second-order valence-electron chi connectivity index (χ2n) is 10.1. The molecule has 7 rings (SSSR count). The van der Waals surface area contributed by atoms with Crippen molar-refractivity contribution < 1.29 is 4.79 Å². The summed E-state index contributed by atoms with van der Waals surface area (Å²) in [6, 6.07) is 11.4. The lowest BCUT2D eigenvalue weighted by Crippen LogP contribution is -2.48. The van der Waals surface area contributed by atoms with Gasteiger partial charge in [0, 0.05) is 66.5 Å². The number of carbonyl (C=O) groups excluding carboxylic acids is 1. The molecule has 1 aliphatic rings. The summed E-state index contributed by atoms with van der Waals surface area (Å²) in [5, 5.41) is 11.9. The van der Waals surface area contributed by atoms with Crippen molar-refractivity contribution in [2.45, 2.75) is 0 Å². The van der Waals surface area contributed by atoms with E-state index in [4.69, 9.17) is 16.6 Å². The summed E-state index contributed by atoms with van der Waals surface area (Å²) in [6.45, 7) is 3.09. The molecule has 0 radical (unpaired) electrons. The molecule has 1 saturated heterocycles. The van der Waals surface area contributed by atoms with Crippen molar-refractivity contribution in [3.63, 3.8) is 0 Å². The highest BCUT2D eigenvalue weighted by Gasteiger charge is 2.20. The number of nitrogens with zero attached hydrogens (tertiary/aromatic N) is 7. The van der Waals surface area contributed by atoms with Gasteiger partial charge in [-0.2, -0.15) is 5.10 Å². The van der Waals surface area contributed by atoms with Crippen LogP contribution in [0, 0.1) is 0 Å². The van der Waals surface area contributed by atoms with Gasteiger partial charge < -0.3 is 20.1 Å². The SMILES string of the molecule is CN1CCN(C(=O)Nc2cncc(-c3cnc4n[nH]c(-c5nc6c(-c7cccc(Cl)c7)cncc6[nH]5)c4c3)c2)CC1. The molecular formula is C29H25ClN10O. The van der Waals surface area contributed by atoms with Gasteiger partial charge >= 0.3 is 6.03 Å². The largest absolute Gasteiger partial charge is 0.335 e. The number of aromatic amines is 2. The first kappa shape index (κ1) is 25.1. The fraction of sp³-hybridized carbons (Fsp3) is 0.172. The lowest BCUT2D eigenvalue weighted by molar-refractivity contribution is 0.164. The van der Waals surface area contributed by atoms with Gasteiger partial charge in [-0.05, 0) is 36.9 Å². The monoisotopic (exact) mass is 564 g/mol. The van der Waals surface area contributed by atoms with E-state index in [9.17, 15) is 4.79 Å². The maximum Gasteiger partial charge on any atom is 0.321 e. The quantitative estimate of drug-likeness (QED) is 0.273. The Morgan fingerprint density at radius 3 is 2.63 bits per heavy atom. The Balaban J connectivity index is 1.21. The predicted octanol–water partition coefficient (Wildman–Crippen LogP) is 5.06. The van der Waals surface area contributed by atoms with Crippen molar-refractivity contribution in [2.75, 3.05) is 38.5 Å². The number of likely N-dealkylation sites (N-methyl/N-ethyl adjacent to an activating group) is 1. The van der Waals surface area contributed by atoms with Crippen molar-refractivity contribution in [2.24, 2.45) is 0 Å². The van der Waals surface area contributed by atoms with Crippen molar-refractivity contribution in [1.82, 2.24) is 44.9 Å². The molecule has 1 aromatic carbocycles. The number of urea groups is 1. The Kier molecular flexibility index (Phi) is 6.29. The number of H-pyrrole nitrogens is 2. The van der Waals surface area contributed by atoms with Gasteiger partial charge in [0.25, 0.3) is 0 Å². The lowest BCUT2D eigenvalue weighted by Gasteiger charge is -2.32. The predicted molar refractivity (Wildman–Crippen MR) is 159 cm³/mol. The average molecular weight is 565 g/mol. The zero-order valence-corrected chi connectivity index (χ0v) is 22.9. The van der Waals surface area contributed by atoms with E-state index in [1.54, 1.807) is 31.0 Å². The molecule has 0 saturated carbocycles. The van der Waals surface area contributed by atoms with Crippen molar-refractivity contribution >= 4 is 45.4 Å². The molecule has 2 amide bonds. The molecule has 3 N–H and O–H groups in total. The van der Waals surface area contributed by atoms with Crippen LogP contribution in [0.15, 0.2) is 67.4 Å². The number of piperazine rings is 1. The van der Waals surface area contributed by atoms with Crippen LogP contribution in [-0.4, -0.2) is 84.2 Å². The van der Waals surface area contributed by atoms with Crippen LogP contribution in [0.5, 0.6) is 0 Å². The molecule has 204 valence electrons. The average Bonchev–Trinajstić information content (AvgIpc) is 3.61. The minimum Gasteiger partial charge on any atom is -0.335 e. The molecule has 1 aliphatic heterocycles. The van der Waals surface area contributed by atoms with Gasteiger partial charge in [0.2, 0.25) is 0 Å². The lowest BCUT2D eigenvalue weighted by atomic mass is 10.1. The number of carbonyl (C=O) groups is 1. The van der Waals surface area contributed by atoms with E-state index in [0.29, 0.717) is 41.0 Å². The number of rotatable bonds is 4. The fourth-order valence-corrected chi connectivity index (χ4v) is 5.23. The Bertz CT molecular complexity index is 1910. The number of fused-ring (bicyclic) bond motifs is 2. The standard InChI is InChI=1S/C29H25ClN10O/c1-39-5-7-40(8-6-39)29(41)34-21-10-18(12-31-14-21)19-11-22-26(37-38-27(22)33-13-19)28-35-24-16-32-15-23(25(24)36-28)17-3-2-4-20(30)9-17/h2-4,9-16H,5-8H2,1H3,(H,34,41)(H,35,36)(H,33,37,38). The minimum atomic E-state index is -0.126. The van der Waals surface area contributed by atoms with Crippen LogP contribution >= 0.6 is 11.6 Å². The zero-order valence-electron chi connectivity index (χ0n) is 22.1. The third-order valence-corrected chi connectivity index (χ3v) is 7.52. The van der Waals surface area contributed by atoms with Crippen LogP contribution in [0.2, 0.25) is 5.02 Å². The first-order valence-corrected chi connectivity index (χ1v) is 13.5. The molecule has 0 bridgehead atoms. The molecule has 5 aromatic heterocycles. The van der Waals surface area contributed by atoms with E-state index in [-0.39, 0.29) is 6.03 Å². The van der Waals surface area contributed by atoms with Gasteiger partial charge in [0.1, 0.15) is 5.69 Å². The van der Waals surface area contributed by atoms with Gasteiger partial charge in [-0.15, -0.1) is 0 Å². The van der Waals surface area contributed by atoms with Crippen LogP contribution in [-0.2, 0) is 0 Å². The van der Waals surface area contributed by atoms with E-state index >= 15 is 0 Å². The van der Waals surface area contributed by atoms with E-state index < -0.39 is 0 Å². The molecule has 41 heavy (non-hydrogen) atoms. The zero-order chi connectivity index (χ0) is 27.9. The molecule has 6 aromatic rings. The van der Waals surface area contributed by atoms with Crippen LogP contribution in [0.1, 0.15) is 0 Å². The summed E-state index contributed by atoms with van der Waals surface area (Å²) >= 11 is 6.24. The number of nitrogens with one attached hydrogen (secondary N) is 3. The van der Waals surface area contributed by atoms with Gasteiger partial charge in [0.05, 0.1) is 34.5 Å². The normalized spacial score (nSPS) is 14.1. The third-order valence-electron chi connectivity index (χ3n) is 7.29. The van der Waals surface area contributed by atoms with Crippen molar-refractivity contribution in [3.05, 3.63) is 72.4 Å². The van der Waals surface area contributed by atoms with Gasteiger partial charge in [-0.25, -0.2) is 14.8 Å². The Morgan fingerprint density at radius 2 is 1.78 bits per heavy atom. The molecule has 0 spiro atoms. The molecule has 0 aliphatic carbocycles. The highest BCUT2D eigenvalue weighted by molar-refractivity contribution is 6.30. The Labute approximate surface area is 239 Å². The van der Waals surface area contributed by atoms with E-state index in [2.05, 4.69) is 47.4 Å². The first-order valence-electron chi connectivity index (χ1n) is 13.2. The molecule has 0 atom stereocenters. The molecular weight excluding hydrogens is 540 g/mol. The van der Waals surface area contributed by atoms with Crippen LogP contribution in [0.25, 0.3) is 55.8 Å². The Morgan fingerprint density at radius 1 is 0.951 bits per heavy atom. The molecule has 6 heterocycles. The van der Waals surface area contributed by atoms with Gasteiger partial charge in [-0.3, -0.25) is 15.1 Å². The van der Waals surface area contributed by atoms with Gasteiger partial charge in [0.15, 0.2) is 11.5 Å². The number of halogens is 1. The van der Waals surface area contributed by atoms with Crippen LogP contribution in [0.4, 0.5) is 10.5 Å². The number of benzene rings is 1. The maximum atomic E-state index is 12.8. The topological polar surface area (TPSA) is 132 Å².